The van der Waals surface area contributed by atoms with E-state index < -0.39 is 23.7 Å². The van der Waals surface area contributed by atoms with E-state index in [0.717, 1.165) is 32.1 Å². The predicted octanol–water partition coefficient (Wildman–Crippen LogP) is 4.25. The molecular weight excluding hydrogens is 513 g/mol. The summed E-state index contributed by atoms with van der Waals surface area (Å²) in [5.41, 5.74) is 1.26. The molecule has 0 radical (unpaired) electrons. The first kappa shape index (κ1) is 27.5. The number of carbonyl (C=O) groups is 2. The highest BCUT2D eigenvalue weighted by Crippen LogP contribution is 2.33. The second-order valence-corrected chi connectivity index (χ2v) is 9.82. The summed E-state index contributed by atoms with van der Waals surface area (Å²) >= 11 is 6.25. The molecule has 38 heavy (non-hydrogen) atoms. The largest absolute Gasteiger partial charge is 0.618 e. The Labute approximate surface area is 225 Å². The van der Waals surface area contributed by atoms with Crippen LogP contribution in [0.2, 0.25) is 5.02 Å². The van der Waals surface area contributed by atoms with Crippen molar-refractivity contribution in [1.82, 2.24) is 15.1 Å². The molecule has 2 heterocycles. The fourth-order valence-electron chi connectivity index (χ4n) is 4.91. The van der Waals surface area contributed by atoms with Crippen molar-refractivity contribution in [1.29, 1.82) is 0 Å². The molecule has 4 rings (SSSR count). The molecule has 9 nitrogen and oxygen atoms in total. The van der Waals surface area contributed by atoms with Crippen molar-refractivity contribution >= 4 is 29.1 Å². The molecule has 2 N–H and O–H groups in total. The van der Waals surface area contributed by atoms with Crippen LogP contribution in [-0.4, -0.2) is 41.4 Å². The third kappa shape index (κ3) is 6.14. The van der Waals surface area contributed by atoms with Crippen molar-refractivity contribution in [2.45, 2.75) is 51.6 Å². The number of anilines is 1. The Bertz CT molecular complexity index is 1310. The van der Waals surface area contributed by atoms with Gasteiger partial charge in [0.2, 0.25) is 5.91 Å². The molecule has 0 saturated heterocycles. The minimum atomic E-state index is -0.804. The standard InChI is InChI=1S/C27H31ClFN5O4/c1-17-24(21(28)11-13-34(17)37)20-9-8-19(16-22(20)29)31-27(36)25(18-6-4-3-5-7-18)32-26(35)23-10-12-30-33(23)14-15-38-2/h8-13,16,18,25H,3-7,14-15H2,1-2H3,(H,31,36)(H,32,35)/t25-/m0/s1. The number of nitrogens with zero attached hydrogens (tertiary/aromatic N) is 3. The minimum absolute atomic E-state index is 0.0505. The van der Waals surface area contributed by atoms with Gasteiger partial charge in [-0.3, -0.25) is 14.3 Å². The zero-order valence-electron chi connectivity index (χ0n) is 21.4. The van der Waals surface area contributed by atoms with E-state index >= 15 is 4.39 Å². The van der Waals surface area contributed by atoms with Gasteiger partial charge in [0.1, 0.15) is 17.6 Å². The van der Waals surface area contributed by atoms with Crippen molar-refractivity contribution < 1.29 is 23.4 Å². The quantitative estimate of drug-likeness (QED) is 0.309. The van der Waals surface area contributed by atoms with E-state index in [1.54, 1.807) is 26.2 Å². The number of carbonyl (C=O) groups excluding carboxylic acids is 2. The molecule has 1 atom stereocenters. The van der Waals surface area contributed by atoms with Crippen LogP contribution in [0, 0.1) is 23.9 Å². The molecule has 0 spiro atoms. The number of ether oxygens (including phenoxy) is 1. The van der Waals surface area contributed by atoms with Crippen LogP contribution >= 0.6 is 11.6 Å². The molecule has 1 aliphatic rings. The number of nitrogens with one attached hydrogen (secondary N) is 2. The maximum atomic E-state index is 15.2. The molecule has 2 aromatic heterocycles. The van der Waals surface area contributed by atoms with Gasteiger partial charge in [0.25, 0.3) is 5.91 Å². The van der Waals surface area contributed by atoms with E-state index in [4.69, 9.17) is 16.3 Å². The first-order chi connectivity index (χ1) is 18.3. The van der Waals surface area contributed by atoms with Crippen molar-refractivity contribution in [3.05, 3.63) is 70.2 Å². The van der Waals surface area contributed by atoms with E-state index in [2.05, 4.69) is 15.7 Å². The zero-order valence-corrected chi connectivity index (χ0v) is 22.1. The van der Waals surface area contributed by atoms with Gasteiger partial charge in [-0.2, -0.15) is 9.83 Å². The summed E-state index contributed by atoms with van der Waals surface area (Å²) in [6.45, 7) is 2.34. The van der Waals surface area contributed by atoms with Crippen molar-refractivity contribution in [2.75, 3.05) is 19.0 Å². The number of halogens is 2. The predicted molar refractivity (Wildman–Crippen MR) is 141 cm³/mol. The van der Waals surface area contributed by atoms with Crippen molar-refractivity contribution in [2.24, 2.45) is 5.92 Å². The highest BCUT2D eigenvalue weighted by Gasteiger charge is 2.32. The highest BCUT2D eigenvalue weighted by atomic mass is 35.5. The monoisotopic (exact) mass is 543 g/mol. The maximum Gasteiger partial charge on any atom is 0.270 e. The Hall–Kier alpha value is -3.50. The highest BCUT2D eigenvalue weighted by molar-refractivity contribution is 6.33. The lowest BCUT2D eigenvalue weighted by atomic mass is 9.83. The fraction of sp³-hybridized carbons (Fsp3) is 0.407. The Morgan fingerprint density at radius 1 is 1.26 bits per heavy atom. The van der Waals surface area contributed by atoms with Crippen LogP contribution in [0.3, 0.4) is 0 Å². The third-order valence-electron chi connectivity index (χ3n) is 6.94. The first-order valence-electron chi connectivity index (χ1n) is 12.6. The molecule has 1 fully saturated rings. The van der Waals surface area contributed by atoms with Crippen LogP contribution in [0.25, 0.3) is 11.1 Å². The molecule has 0 bridgehead atoms. The summed E-state index contributed by atoms with van der Waals surface area (Å²) in [7, 11) is 1.57. The molecule has 0 aliphatic heterocycles. The van der Waals surface area contributed by atoms with Crippen LogP contribution in [0.4, 0.5) is 10.1 Å². The number of pyridine rings is 1. The van der Waals surface area contributed by atoms with Gasteiger partial charge >= 0.3 is 0 Å². The SMILES string of the molecule is COCCn1nccc1C(=O)N[C@H](C(=O)Nc1ccc(-c2c(Cl)cc[n+]([O-])c2C)c(F)c1)C1CCCCC1. The Kier molecular flexibility index (Phi) is 8.96. The lowest BCUT2D eigenvalue weighted by Gasteiger charge is -2.30. The summed E-state index contributed by atoms with van der Waals surface area (Å²) in [6, 6.07) is 6.41. The van der Waals surface area contributed by atoms with Gasteiger partial charge in [-0.25, -0.2) is 4.39 Å². The number of hydrogen-bond acceptors (Lipinski definition) is 5. The molecule has 1 aromatic carbocycles. The Morgan fingerprint density at radius 2 is 2.03 bits per heavy atom. The topological polar surface area (TPSA) is 112 Å². The molecule has 1 aliphatic carbocycles. The van der Waals surface area contributed by atoms with E-state index in [1.165, 1.54) is 35.3 Å². The fourth-order valence-corrected chi connectivity index (χ4v) is 5.21. The third-order valence-corrected chi connectivity index (χ3v) is 7.26. The van der Waals surface area contributed by atoms with E-state index in [9.17, 15) is 14.8 Å². The number of rotatable bonds is 9. The number of benzene rings is 1. The van der Waals surface area contributed by atoms with Gasteiger partial charge in [-0.1, -0.05) is 30.9 Å². The lowest BCUT2D eigenvalue weighted by Crippen LogP contribution is -2.49. The summed E-state index contributed by atoms with van der Waals surface area (Å²) in [5, 5.41) is 22.1. The molecule has 0 unspecified atom stereocenters. The first-order valence-corrected chi connectivity index (χ1v) is 13.0. The second kappa shape index (κ2) is 12.4. The van der Waals surface area contributed by atoms with E-state index in [-0.39, 0.29) is 33.4 Å². The van der Waals surface area contributed by atoms with E-state index in [0.29, 0.717) is 23.6 Å². The maximum absolute atomic E-state index is 15.2. The van der Waals surface area contributed by atoms with Gasteiger partial charge in [0, 0.05) is 37.5 Å². The number of amides is 2. The zero-order chi connectivity index (χ0) is 27.2. The Balaban J connectivity index is 1.55. The molecule has 3 aromatic rings. The normalized spacial score (nSPS) is 14.7. The minimum Gasteiger partial charge on any atom is -0.618 e. The summed E-state index contributed by atoms with van der Waals surface area (Å²) in [4.78, 5) is 26.6. The number of aromatic nitrogens is 3. The van der Waals surface area contributed by atoms with Crippen LogP contribution in [0.1, 0.15) is 48.3 Å². The summed E-state index contributed by atoms with van der Waals surface area (Å²) in [6.07, 6.45) is 7.41. The van der Waals surface area contributed by atoms with Gasteiger partial charge in [0.05, 0.1) is 23.7 Å². The van der Waals surface area contributed by atoms with Crippen LogP contribution in [-0.2, 0) is 16.1 Å². The molecule has 11 heteroatoms. The molecular formula is C27H31ClFN5O4. The van der Waals surface area contributed by atoms with Crippen LogP contribution < -0.4 is 15.4 Å². The smallest absolute Gasteiger partial charge is 0.270 e. The Morgan fingerprint density at radius 3 is 2.74 bits per heavy atom. The van der Waals surface area contributed by atoms with E-state index in [1.807, 2.05) is 0 Å². The molecule has 1 saturated carbocycles. The van der Waals surface area contributed by atoms with Crippen molar-refractivity contribution in [3.8, 4) is 11.1 Å². The van der Waals surface area contributed by atoms with Crippen molar-refractivity contribution in [3.63, 3.8) is 0 Å². The van der Waals surface area contributed by atoms with Gasteiger partial charge < -0.3 is 20.6 Å². The van der Waals surface area contributed by atoms with Gasteiger partial charge in [0.15, 0.2) is 11.9 Å². The van der Waals surface area contributed by atoms with Crippen LogP contribution in [0.15, 0.2) is 42.7 Å². The molecule has 2 amide bonds. The summed E-state index contributed by atoms with van der Waals surface area (Å²) < 4.78 is 22.4. The molecule has 202 valence electrons. The average molecular weight is 544 g/mol. The lowest BCUT2D eigenvalue weighted by molar-refractivity contribution is -0.611. The number of hydrogen-bond donors (Lipinski definition) is 2. The number of methoxy groups -OCH3 is 1. The van der Waals surface area contributed by atoms with Gasteiger partial charge in [-0.05, 0) is 43.0 Å². The van der Waals surface area contributed by atoms with Crippen LogP contribution in [0.5, 0.6) is 0 Å². The second-order valence-electron chi connectivity index (χ2n) is 9.42. The summed E-state index contributed by atoms with van der Waals surface area (Å²) in [5.74, 6) is -1.53. The average Bonchev–Trinajstić information content (AvgIpc) is 3.38. The van der Waals surface area contributed by atoms with Gasteiger partial charge in [-0.15, -0.1) is 0 Å².